The molecule has 1 saturated heterocycles. The molecule has 92 heavy (non-hydrogen) atoms. The van der Waals surface area contributed by atoms with Crippen LogP contribution in [-0.4, -0.2) is 100 Å². The molecule has 1 rings (SSSR count). The van der Waals surface area contributed by atoms with Crippen LogP contribution in [0.3, 0.4) is 0 Å². The van der Waals surface area contributed by atoms with Crippen molar-refractivity contribution in [3.63, 3.8) is 0 Å². The summed E-state index contributed by atoms with van der Waals surface area (Å²) in [5.41, 5.74) is 0. The van der Waals surface area contributed by atoms with Gasteiger partial charge < -0.3 is 45.1 Å². The molecule has 0 aliphatic carbocycles. The summed E-state index contributed by atoms with van der Waals surface area (Å²) in [6.45, 7) is 4.31. The van der Waals surface area contributed by atoms with Crippen LogP contribution in [0.15, 0.2) is 60.8 Å². The molecule has 0 bridgehead atoms. The number of hydrogen-bond donors (Lipinski definition) is 6. The Bertz CT molecular complexity index is 1710. The number of aliphatic hydroxyl groups excluding tert-OH is 5. The van der Waals surface area contributed by atoms with Crippen LogP contribution in [0.2, 0.25) is 0 Å². The van der Waals surface area contributed by atoms with Gasteiger partial charge in [0.2, 0.25) is 5.91 Å². The standard InChI is InChI=1S/C81H149NO10/c1-3-5-7-9-11-13-14-15-16-43-46-49-53-57-61-65-69-77(86)90-70-66-62-58-54-50-47-44-41-39-37-35-33-31-29-27-25-23-21-19-17-18-20-22-24-26-28-30-32-34-36-38-40-42-45-48-52-56-60-64-68-76(85)82-73(74(84)67-63-59-55-51-12-10-8-6-4-2)72-91-81-80(89)79(88)78(87)75(71-83)92-81/h12,16-18,21,23,43,51,63,67,73-75,78-81,83-84,87-89H,3-11,13-15,19-20,22,24-42,44-50,52-62,64-66,68-72H2,1-2H3,(H,82,85)/b18-17-,23-21-,43-16-,51-12+,67-63+. The lowest BCUT2D eigenvalue weighted by atomic mass is 9.99. The third-order valence-corrected chi connectivity index (χ3v) is 18.6. The minimum Gasteiger partial charge on any atom is -0.466 e. The van der Waals surface area contributed by atoms with Gasteiger partial charge in [-0.05, 0) is 103 Å². The summed E-state index contributed by atoms with van der Waals surface area (Å²) in [5.74, 6) is -0.183. The van der Waals surface area contributed by atoms with Gasteiger partial charge in [0.1, 0.15) is 24.4 Å². The number of ether oxygens (including phenoxy) is 3. The van der Waals surface area contributed by atoms with Crippen LogP contribution in [0.25, 0.3) is 0 Å². The molecular formula is C81H149NO10. The second-order valence-corrected chi connectivity index (χ2v) is 27.4. The van der Waals surface area contributed by atoms with E-state index in [1.54, 1.807) is 6.08 Å². The summed E-state index contributed by atoms with van der Waals surface area (Å²) < 4.78 is 16.7. The van der Waals surface area contributed by atoms with E-state index >= 15 is 0 Å². The lowest BCUT2D eigenvalue weighted by Gasteiger charge is -2.40. The van der Waals surface area contributed by atoms with Gasteiger partial charge in [0.05, 0.1) is 32.0 Å². The van der Waals surface area contributed by atoms with Crippen LogP contribution >= 0.6 is 0 Å². The molecule has 1 fully saturated rings. The Morgan fingerprint density at radius 1 is 0.402 bits per heavy atom. The number of aliphatic hydroxyl groups is 5. The molecule has 0 aromatic rings. The van der Waals surface area contributed by atoms with Crippen molar-refractivity contribution in [3.8, 4) is 0 Å². The molecule has 0 spiro atoms. The van der Waals surface area contributed by atoms with E-state index in [2.05, 4.69) is 67.8 Å². The van der Waals surface area contributed by atoms with E-state index in [1.807, 2.05) is 6.08 Å². The molecule has 6 N–H and O–H groups in total. The van der Waals surface area contributed by atoms with Gasteiger partial charge in [-0.2, -0.15) is 0 Å². The molecule has 0 aromatic carbocycles. The van der Waals surface area contributed by atoms with E-state index in [9.17, 15) is 35.1 Å². The number of esters is 1. The molecule has 538 valence electrons. The first-order chi connectivity index (χ1) is 45.2. The minimum atomic E-state index is -1.57. The van der Waals surface area contributed by atoms with Crippen LogP contribution in [0.5, 0.6) is 0 Å². The van der Waals surface area contributed by atoms with Crippen LogP contribution in [0, 0.1) is 0 Å². The van der Waals surface area contributed by atoms with E-state index in [4.69, 9.17) is 14.2 Å². The number of amides is 1. The van der Waals surface area contributed by atoms with E-state index < -0.39 is 49.5 Å². The molecule has 1 heterocycles. The molecule has 7 atom stereocenters. The summed E-state index contributed by atoms with van der Waals surface area (Å²) in [7, 11) is 0. The maximum atomic E-state index is 13.0. The number of hydrogen-bond acceptors (Lipinski definition) is 10. The maximum Gasteiger partial charge on any atom is 0.305 e. The molecule has 7 unspecified atom stereocenters. The number of nitrogens with one attached hydrogen (secondary N) is 1. The van der Waals surface area contributed by atoms with Gasteiger partial charge in [0.25, 0.3) is 0 Å². The van der Waals surface area contributed by atoms with Crippen molar-refractivity contribution in [3.05, 3.63) is 60.8 Å². The Morgan fingerprint density at radius 3 is 1.16 bits per heavy atom. The fraction of sp³-hybridized carbons (Fsp3) is 0.852. The van der Waals surface area contributed by atoms with Crippen LogP contribution in [0.1, 0.15) is 380 Å². The zero-order valence-electron chi connectivity index (χ0n) is 60.0. The van der Waals surface area contributed by atoms with Gasteiger partial charge in [-0.15, -0.1) is 0 Å². The normalized spacial score (nSPS) is 17.8. The minimum absolute atomic E-state index is 0.00719. The zero-order chi connectivity index (χ0) is 66.5. The van der Waals surface area contributed by atoms with Crippen LogP contribution in [-0.2, 0) is 23.8 Å². The topological polar surface area (TPSA) is 175 Å². The molecule has 0 radical (unpaired) electrons. The van der Waals surface area contributed by atoms with Gasteiger partial charge in [0.15, 0.2) is 6.29 Å². The van der Waals surface area contributed by atoms with Crippen molar-refractivity contribution in [2.45, 2.75) is 423 Å². The van der Waals surface area contributed by atoms with E-state index in [1.165, 1.54) is 289 Å². The Kier molecular flexibility index (Phi) is 66.2. The summed E-state index contributed by atoms with van der Waals surface area (Å²) in [4.78, 5) is 25.1. The summed E-state index contributed by atoms with van der Waals surface area (Å²) >= 11 is 0. The molecule has 1 aliphatic heterocycles. The summed E-state index contributed by atoms with van der Waals surface area (Å²) in [6, 6.07) is -0.825. The first kappa shape index (κ1) is 87.4. The largest absolute Gasteiger partial charge is 0.466 e. The molecule has 11 nitrogen and oxygen atoms in total. The average molecular weight is 1300 g/mol. The van der Waals surface area contributed by atoms with Gasteiger partial charge in [0, 0.05) is 12.8 Å². The molecule has 11 heteroatoms. The monoisotopic (exact) mass is 1300 g/mol. The Labute approximate surface area is 567 Å². The molecule has 1 aliphatic rings. The van der Waals surface area contributed by atoms with Gasteiger partial charge in [-0.1, -0.05) is 325 Å². The first-order valence-electron chi connectivity index (χ1n) is 39.6. The predicted molar refractivity (Wildman–Crippen MR) is 389 cm³/mol. The number of carbonyl (C=O) groups excluding carboxylic acids is 2. The first-order valence-corrected chi connectivity index (χ1v) is 39.6. The number of rotatable bonds is 70. The second kappa shape index (κ2) is 69.7. The Hall–Kier alpha value is -2.64. The van der Waals surface area contributed by atoms with E-state index in [0.717, 1.165) is 64.2 Å². The van der Waals surface area contributed by atoms with Crippen LogP contribution in [0.4, 0.5) is 0 Å². The molecular weight excluding hydrogens is 1150 g/mol. The third kappa shape index (κ3) is 57.6. The fourth-order valence-corrected chi connectivity index (χ4v) is 12.4. The van der Waals surface area contributed by atoms with Crippen LogP contribution < -0.4 is 5.32 Å². The Balaban J connectivity index is 1.86. The fourth-order valence-electron chi connectivity index (χ4n) is 12.4. The van der Waals surface area contributed by atoms with E-state index in [0.29, 0.717) is 19.4 Å². The highest BCUT2D eigenvalue weighted by Crippen LogP contribution is 2.24. The number of unbranched alkanes of at least 4 members (excludes halogenated alkanes) is 48. The number of carbonyl (C=O) groups is 2. The predicted octanol–water partition coefficient (Wildman–Crippen LogP) is 21.2. The van der Waals surface area contributed by atoms with Gasteiger partial charge in [-0.25, -0.2) is 0 Å². The van der Waals surface area contributed by atoms with Crippen molar-refractivity contribution in [1.29, 1.82) is 0 Å². The summed E-state index contributed by atoms with van der Waals surface area (Å²) in [6.07, 6.45) is 84.2. The van der Waals surface area contributed by atoms with Gasteiger partial charge >= 0.3 is 5.97 Å². The number of allylic oxidation sites excluding steroid dienone is 9. The van der Waals surface area contributed by atoms with Crippen molar-refractivity contribution < 1.29 is 49.3 Å². The second-order valence-electron chi connectivity index (χ2n) is 27.4. The lowest BCUT2D eigenvalue weighted by Crippen LogP contribution is -2.60. The van der Waals surface area contributed by atoms with Crippen molar-refractivity contribution in [2.75, 3.05) is 19.8 Å². The third-order valence-electron chi connectivity index (χ3n) is 18.6. The highest BCUT2D eigenvalue weighted by Gasteiger charge is 2.44. The molecule has 1 amide bonds. The lowest BCUT2D eigenvalue weighted by molar-refractivity contribution is -0.302. The maximum absolute atomic E-state index is 13.0. The SMILES string of the molecule is CCCCC/C=C/CC/C=C/C(O)C(COC1OC(CO)C(O)C(O)C1O)NC(=O)CCCCCCCCCCCCCCCCCCC/C=C\C/C=C\CCCCCCCCCCCCCCCCCOC(=O)CCCCCCC/C=C\CCCCCCCCC. The highest BCUT2D eigenvalue weighted by molar-refractivity contribution is 5.76. The van der Waals surface area contributed by atoms with E-state index in [-0.39, 0.29) is 18.5 Å². The zero-order valence-corrected chi connectivity index (χ0v) is 60.0. The smallest absolute Gasteiger partial charge is 0.305 e. The highest BCUT2D eigenvalue weighted by atomic mass is 16.7. The van der Waals surface area contributed by atoms with Gasteiger partial charge in [-0.3, -0.25) is 9.59 Å². The van der Waals surface area contributed by atoms with Crippen molar-refractivity contribution in [1.82, 2.24) is 5.32 Å². The average Bonchev–Trinajstić information content (AvgIpc) is 0.924. The van der Waals surface area contributed by atoms with Crippen molar-refractivity contribution in [2.24, 2.45) is 0 Å². The molecule has 0 saturated carbocycles. The van der Waals surface area contributed by atoms with Crippen molar-refractivity contribution >= 4 is 11.9 Å². The quantitative estimate of drug-likeness (QED) is 0.0195. The molecule has 0 aromatic heterocycles. The summed E-state index contributed by atoms with van der Waals surface area (Å²) in [5, 5.41) is 54.3. The Morgan fingerprint density at radius 2 is 0.739 bits per heavy atom.